The van der Waals surface area contributed by atoms with E-state index in [0.717, 1.165) is 26.2 Å². The first-order valence-electron chi connectivity index (χ1n) is 7.97. The van der Waals surface area contributed by atoms with Crippen LogP contribution in [0.2, 0.25) is 0 Å². The number of aryl methyl sites for hydroxylation is 1. The molecule has 0 bridgehead atoms. The summed E-state index contributed by atoms with van der Waals surface area (Å²) in [7, 11) is 3.75. The topological polar surface area (TPSA) is 47.0 Å². The lowest BCUT2D eigenvalue weighted by molar-refractivity contribution is 0.0501. The molecular weight excluding hydrogens is 297 g/mol. The Morgan fingerprint density at radius 2 is 2.00 bits per heavy atom. The smallest absolute Gasteiger partial charge is 0.253 e. The summed E-state index contributed by atoms with van der Waals surface area (Å²) in [6.45, 7) is 6.40. The monoisotopic (exact) mass is 323 g/mol. The molecule has 1 unspecified atom stereocenters. The first-order chi connectivity index (χ1) is 10.9. The predicted octanol–water partition coefficient (Wildman–Crippen LogP) is 0.814. The van der Waals surface area contributed by atoms with E-state index in [0.29, 0.717) is 17.7 Å². The molecule has 0 aliphatic carbocycles. The molecular formula is C17H26FN3O2. The van der Waals surface area contributed by atoms with Crippen molar-refractivity contribution in [2.75, 3.05) is 53.4 Å². The highest BCUT2D eigenvalue weighted by atomic mass is 19.1. The van der Waals surface area contributed by atoms with Crippen molar-refractivity contribution in [1.82, 2.24) is 14.7 Å². The summed E-state index contributed by atoms with van der Waals surface area (Å²) in [4.78, 5) is 18.4. The fourth-order valence-electron chi connectivity index (χ4n) is 2.86. The number of aliphatic hydroxyl groups is 1. The second-order valence-corrected chi connectivity index (χ2v) is 6.40. The van der Waals surface area contributed by atoms with Gasteiger partial charge in [0.25, 0.3) is 5.91 Å². The third-order valence-electron chi connectivity index (χ3n) is 4.32. The zero-order valence-electron chi connectivity index (χ0n) is 14.1. The van der Waals surface area contributed by atoms with Gasteiger partial charge in [0.05, 0.1) is 6.10 Å². The van der Waals surface area contributed by atoms with E-state index in [-0.39, 0.29) is 18.3 Å². The van der Waals surface area contributed by atoms with E-state index in [2.05, 4.69) is 16.8 Å². The van der Waals surface area contributed by atoms with Crippen LogP contribution in [-0.4, -0.2) is 85.2 Å². The Morgan fingerprint density at radius 3 is 2.61 bits per heavy atom. The number of nitrogens with zero attached hydrogens (tertiary/aromatic N) is 3. The summed E-state index contributed by atoms with van der Waals surface area (Å²) in [6.07, 6.45) is -0.590. The number of carbonyl (C=O) groups excluding carboxylic acids is 1. The number of benzene rings is 1. The van der Waals surface area contributed by atoms with Crippen LogP contribution < -0.4 is 0 Å². The van der Waals surface area contributed by atoms with E-state index in [1.165, 1.54) is 23.1 Å². The number of carbonyl (C=O) groups is 1. The molecule has 0 aromatic heterocycles. The molecule has 1 aliphatic rings. The van der Waals surface area contributed by atoms with Crippen molar-refractivity contribution in [1.29, 1.82) is 0 Å². The SMILES string of the molecule is Cc1cc(F)ccc1C(=O)N(C)CC(O)CN1CCN(C)CC1. The Morgan fingerprint density at radius 1 is 1.35 bits per heavy atom. The molecule has 23 heavy (non-hydrogen) atoms. The summed E-state index contributed by atoms with van der Waals surface area (Å²) in [5.41, 5.74) is 1.08. The minimum atomic E-state index is -0.590. The van der Waals surface area contributed by atoms with E-state index in [1.807, 2.05) is 0 Å². The largest absolute Gasteiger partial charge is 0.390 e. The molecule has 128 valence electrons. The molecule has 1 aliphatic heterocycles. The highest BCUT2D eigenvalue weighted by Gasteiger charge is 2.21. The third-order valence-corrected chi connectivity index (χ3v) is 4.32. The number of rotatable bonds is 5. The second kappa shape index (κ2) is 7.86. The van der Waals surface area contributed by atoms with Crippen LogP contribution in [0.3, 0.4) is 0 Å². The fraction of sp³-hybridized carbons (Fsp3) is 0.588. The normalized spacial score (nSPS) is 18.0. The van der Waals surface area contributed by atoms with Crippen LogP contribution in [0.15, 0.2) is 18.2 Å². The molecule has 0 radical (unpaired) electrons. The molecule has 1 N–H and O–H groups in total. The number of hydrogen-bond acceptors (Lipinski definition) is 4. The molecule has 0 spiro atoms. The Balaban J connectivity index is 1.87. The number of β-amino-alcohol motifs (C(OH)–C–C–N with tert-alkyl or cyclic N) is 1. The van der Waals surface area contributed by atoms with Gasteiger partial charge in [-0.2, -0.15) is 0 Å². The molecule has 6 heteroatoms. The van der Waals surface area contributed by atoms with Crippen LogP contribution in [0.5, 0.6) is 0 Å². The lowest BCUT2D eigenvalue weighted by atomic mass is 10.1. The first kappa shape index (κ1) is 17.8. The maximum absolute atomic E-state index is 13.1. The number of hydrogen-bond donors (Lipinski definition) is 1. The van der Waals surface area contributed by atoms with Gasteiger partial charge in [-0.1, -0.05) is 0 Å². The maximum atomic E-state index is 13.1. The maximum Gasteiger partial charge on any atom is 0.253 e. The lowest BCUT2D eigenvalue weighted by Gasteiger charge is -2.34. The van der Waals surface area contributed by atoms with Crippen molar-refractivity contribution in [3.8, 4) is 0 Å². The van der Waals surface area contributed by atoms with Gasteiger partial charge in [0.15, 0.2) is 0 Å². The van der Waals surface area contributed by atoms with Gasteiger partial charge in [0, 0.05) is 51.9 Å². The molecule has 1 aromatic carbocycles. The number of halogens is 1. The second-order valence-electron chi connectivity index (χ2n) is 6.40. The Kier molecular flexibility index (Phi) is 6.10. The van der Waals surface area contributed by atoms with Crippen LogP contribution in [0.1, 0.15) is 15.9 Å². The van der Waals surface area contributed by atoms with Crippen LogP contribution in [0, 0.1) is 12.7 Å². The van der Waals surface area contributed by atoms with E-state index in [4.69, 9.17) is 0 Å². The average molecular weight is 323 g/mol. The predicted molar refractivity (Wildman–Crippen MR) is 88.0 cm³/mol. The minimum Gasteiger partial charge on any atom is -0.390 e. The Bertz CT molecular complexity index is 545. The third kappa shape index (κ3) is 4.99. The summed E-state index contributed by atoms with van der Waals surface area (Å²) in [5.74, 6) is -0.545. The van der Waals surface area contributed by atoms with Crippen molar-refractivity contribution in [3.05, 3.63) is 35.1 Å². The average Bonchev–Trinajstić information content (AvgIpc) is 2.49. The van der Waals surface area contributed by atoms with Crippen molar-refractivity contribution >= 4 is 5.91 Å². The highest BCUT2D eigenvalue weighted by molar-refractivity contribution is 5.95. The van der Waals surface area contributed by atoms with E-state index in [1.54, 1.807) is 14.0 Å². The van der Waals surface area contributed by atoms with Gasteiger partial charge in [-0.3, -0.25) is 9.69 Å². The minimum absolute atomic E-state index is 0.195. The molecule has 1 atom stereocenters. The van der Waals surface area contributed by atoms with Crippen molar-refractivity contribution < 1.29 is 14.3 Å². The molecule has 1 fully saturated rings. The van der Waals surface area contributed by atoms with Gasteiger partial charge in [0.2, 0.25) is 0 Å². The number of likely N-dealkylation sites (N-methyl/N-ethyl adjacent to an activating group) is 2. The van der Waals surface area contributed by atoms with Crippen LogP contribution in [0.4, 0.5) is 4.39 Å². The molecule has 5 nitrogen and oxygen atoms in total. The van der Waals surface area contributed by atoms with Crippen molar-refractivity contribution in [3.63, 3.8) is 0 Å². The molecule has 1 aromatic rings. The van der Waals surface area contributed by atoms with E-state index >= 15 is 0 Å². The number of amides is 1. The molecule has 1 heterocycles. The molecule has 0 saturated carbocycles. The fourth-order valence-corrected chi connectivity index (χ4v) is 2.86. The quantitative estimate of drug-likeness (QED) is 0.871. The standard InChI is InChI=1S/C17H26FN3O2/c1-13-10-14(18)4-5-16(13)17(23)20(3)11-15(22)12-21-8-6-19(2)7-9-21/h4-5,10,15,22H,6-9,11-12H2,1-3H3. The van der Waals surface area contributed by atoms with Gasteiger partial charge in [-0.05, 0) is 37.7 Å². The Labute approximate surface area is 137 Å². The summed E-state index contributed by atoms with van der Waals surface area (Å²) in [6, 6.07) is 4.13. The van der Waals surface area contributed by atoms with Gasteiger partial charge in [-0.25, -0.2) is 4.39 Å². The lowest BCUT2D eigenvalue weighted by Crippen LogP contribution is -2.49. The molecule has 1 amide bonds. The van der Waals surface area contributed by atoms with Gasteiger partial charge in [0.1, 0.15) is 5.82 Å². The zero-order valence-corrected chi connectivity index (χ0v) is 14.1. The molecule has 2 rings (SSSR count). The zero-order chi connectivity index (χ0) is 17.0. The van der Waals surface area contributed by atoms with Gasteiger partial charge in [-0.15, -0.1) is 0 Å². The first-order valence-corrected chi connectivity index (χ1v) is 7.97. The van der Waals surface area contributed by atoms with Crippen molar-refractivity contribution in [2.45, 2.75) is 13.0 Å². The van der Waals surface area contributed by atoms with Crippen LogP contribution >= 0.6 is 0 Å². The summed E-state index contributed by atoms with van der Waals surface area (Å²) < 4.78 is 13.1. The Hall–Kier alpha value is -1.50. The molecule has 1 saturated heterocycles. The number of piperazine rings is 1. The van der Waals surface area contributed by atoms with Crippen molar-refractivity contribution in [2.24, 2.45) is 0 Å². The van der Waals surface area contributed by atoms with Crippen LogP contribution in [0.25, 0.3) is 0 Å². The number of aliphatic hydroxyl groups excluding tert-OH is 1. The van der Waals surface area contributed by atoms with Gasteiger partial charge >= 0.3 is 0 Å². The van der Waals surface area contributed by atoms with E-state index in [9.17, 15) is 14.3 Å². The van der Waals surface area contributed by atoms with Crippen LogP contribution in [-0.2, 0) is 0 Å². The van der Waals surface area contributed by atoms with E-state index < -0.39 is 6.10 Å². The summed E-state index contributed by atoms with van der Waals surface area (Å²) in [5, 5.41) is 10.2. The van der Waals surface area contributed by atoms with Gasteiger partial charge < -0.3 is 14.9 Å². The highest BCUT2D eigenvalue weighted by Crippen LogP contribution is 2.13. The summed E-state index contributed by atoms with van der Waals surface area (Å²) >= 11 is 0.